The van der Waals surface area contributed by atoms with Crippen molar-refractivity contribution in [2.24, 2.45) is 4.99 Å². The highest BCUT2D eigenvalue weighted by molar-refractivity contribution is 14.0. The van der Waals surface area contributed by atoms with Crippen molar-refractivity contribution in [3.05, 3.63) is 40.1 Å². The number of carbonyl (C=O) groups is 1. The van der Waals surface area contributed by atoms with E-state index in [1.807, 2.05) is 39.0 Å². The maximum atomic E-state index is 12.3. The number of hydrogen-bond acceptors (Lipinski definition) is 5. The van der Waals surface area contributed by atoms with Gasteiger partial charge in [0.25, 0.3) is 0 Å². The minimum absolute atomic E-state index is 0. The van der Waals surface area contributed by atoms with Crippen molar-refractivity contribution in [2.45, 2.75) is 52.6 Å². The lowest BCUT2D eigenvalue weighted by atomic mass is 10.1. The molecule has 1 aromatic carbocycles. The lowest BCUT2D eigenvalue weighted by Crippen LogP contribution is -2.42. The summed E-state index contributed by atoms with van der Waals surface area (Å²) in [6.45, 7) is 9.93. The van der Waals surface area contributed by atoms with Crippen LogP contribution in [0.2, 0.25) is 0 Å². The van der Waals surface area contributed by atoms with Crippen LogP contribution >= 0.6 is 35.3 Å². The summed E-state index contributed by atoms with van der Waals surface area (Å²) in [4.78, 5) is 19.3. The third kappa shape index (κ3) is 8.50. The highest BCUT2D eigenvalue weighted by Gasteiger charge is 2.14. The fourth-order valence-electron chi connectivity index (χ4n) is 3.00. The minimum atomic E-state index is -0.296. The number of aliphatic imine (C=N–C) groups is 1. The lowest BCUT2D eigenvalue weighted by molar-refractivity contribution is -0.121. The summed E-state index contributed by atoms with van der Waals surface area (Å²) in [6, 6.07) is 9.97. The number of hydrogen-bond donors (Lipinski definition) is 3. The van der Waals surface area contributed by atoms with Crippen molar-refractivity contribution >= 4 is 52.9 Å². The second-order valence-corrected chi connectivity index (χ2v) is 9.63. The zero-order valence-corrected chi connectivity index (χ0v) is 22.3. The number of thiophene rings is 1. The molecule has 0 radical (unpaired) electrons. The standard InChI is InChI=1S/C23H32N4O3S.HI/c1-5-17-8-9-18(31-17)14-24-22(25-15-21(28)27-23(2,3)4)26-16-7-10-19-20(13-16)30-12-6-11-29-19;/h7-10,13H,5-6,11-12,14-15H2,1-4H3,(H,27,28)(H2,24,25,26);1H. The van der Waals surface area contributed by atoms with Crippen molar-refractivity contribution < 1.29 is 14.3 Å². The number of nitrogens with zero attached hydrogens (tertiary/aromatic N) is 1. The summed E-state index contributed by atoms with van der Waals surface area (Å²) >= 11 is 1.77. The smallest absolute Gasteiger partial charge is 0.242 e. The monoisotopic (exact) mass is 572 g/mol. The van der Waals surface area contributed by atoms with Crippen LogP contribution in [-0.4, -0.2) is 37.2 Å². The normalized spacial score (nSPS) is 13.6. The lowest BCUT2D eigenvalue weighted by Gasteiger charge is -2.20. The van der Waals surface area contributed by atoms with Gasteiger partial charge in [0.05, 0.1) is 19.8 Å². The highest BCUT2D eigenvalue weighted by Crippen LogP contribution is 2.32. The first kappa shape index (κ1) is 26.2. The Morgan fingerprint density at radius 3 is 2.50 bits per heavy atom. The number of rotatable bonds is 6. The van der Waals surface area contributed by atoms with E-state index in [1.54, 1.807) is 11.3 Å². The molecule has 0 saturated heterocycles. The highest BCUT2D eigenvalue weighted by atomic mass is 127. The number of anilines is 1. The maximum Gasteiger partial charge on any atom is 0.242 e. The topological polar surface area (TPSA) is 84.0 Å². The Bertz CT molecular complexity index is 924. The fraction of sp³-hybridized carbons (Fsp3) is 0.478. The summed E-state index contributed by atoms with van der Waals surface area (Å²) in [5.74, 6) is 1.85. The van der Waals surface area contributed by atoms with Crippen molar-refractivity contribution in [1.29, 1.82) is 0 Å². The molecular weight excluding hydrogens is 539 g/mol. The van der Waals surface area contributed by atoms with E-state index in [0.717, 1.165) is 24.3 Å². The number of aryl methyl sites for hydroxylation is 1. The molecule has 1 aliphatic rings. The maximum absolute atomic E-state index is 12.3. The minimum Gasteiger partial charge on any atom is -0.490 e. The van der Waals surface area contributed by atoms with Crippen LogP contribution in [0.3, 0.4) is 0 Å². The van der Waals surface area contributed by atoms with E-state index in [2.05, 4.69) is 40.0 Å². The van der Waals surface area contributed by atoms with E-state index in [-0.39, 0.29) is 42.0 Å². The van der Waals surface area contributed by atoms with Gasteiger partial charge in [-0.1, -0.05) is 6.92 Å². The molecule has 176 valence electrons. The molecule has 0 unspecified atom stereocenters. The van der Waals surface area contributed by atoms with Crippen molar-refractivity contribution in [3.8, 4) is 11.5 Å². The zero-order valence-electron chi connectivity index (χ0n) is 19.1. The van der Waals surface area contributed by atoms with Crippen LogP contribution in [0.4, 0.5) is 5.69 Å². The molecule has 1 aromatic heterocycles. The van der Waals surface area contributed by atoms with Gasteiger partial charge >= 0.3 is 0 Å². The molecule has 0 saturated carbocycles. The van der Waals surface area contributed by atoms with Crippen LogP contribution in [0.1, 0.15) is 43.9 Å². The number of fused-ring (bicyclic) bond motifs is 1. The molecule has 32 heavy (non-hydrogen) atoms. The number of benzene rings is 1. The van der Waals surface area contributed by atoms with Crippen molar-refractivity contribution in [2.75, 3.05) is 25.1 Å². The molecule has 9 heteroatoms. The fourth-order valence-corrected chi connectivity index (χ4v) is 3.90. The summed E-state index contributed by atoms with van der Waals surface area (Å²) in [6.07, 6.45) is 1.88. The Balaban J connectivity index is 0.00000363. The van der Waals surface area contributed by atoms with Gasteiger partial charge < -0.3 is 25.4 Å². The van der Waals surface area contributed by atoms with Gasteiger partial charge in [-0.25, -0.2) is 4.99 Å². The number of ether oxygens (including phenoxy) is 2. The van der Waals surface area contributed by atoms with Crippen molar-refractivity contribution in [3.63, 3.8) is 0 Å². The third-order valence-corrected chi connectivity index (χ3v) is 5.63. The van der Waals surface area contributed by atoms with Crippen LogP contribution in [-0.2, 0) is 17.8 Å². The van der Waals surface area contributed by atoms with Gasteiger partial charge in [0, 0.05) is 33.5 Å². The SMILES string of the molecule is CCc1ccc(CNC(=NCC(=O)NC(C)(C)C)Nc2ccc3c(c2)OCCCO3)s1.I. The number of amides is 1. The Hall–Kier alpha value is -2.01. The Morgan fingerprint density at radius 2 is 1.81 bits per heavy atom. The first-order valence-electron chi connectivity index (χ1n) is 10.7. The average molecular weight is 573 g/mol. The van der Waals surface area contributed by atoms with E-state index in [1.165, 1.54) is 9.75 Å². The quantitative estimate of drug-likeness (QED) is 0.269. The molecular formula is C23H33IN4O3S. The second kappa shape index (κ2) is 12.3. The molecule has 0 aliphatic carbocycles. The average Bonchev–Trinajstić information content (AvgIpc) is 3.05. The van der Waals surface area contributed by atoms with Crippen LogP contribution in [0.5, 0.6) is 11.5 Å². The molecule has 3 rings (SSSR count). The van der Waals surface area contributed by atoms with E-state index < -0.39 is 0 Å². The van der Waals surface area contributed by atoms with E-state index in [0.29, 0.717) is 31.5 Å². The summed E-state index contributed by atoms with van der Waals surface area (Å²) < 4.78 is 11.5. The second-order valence-electron chi connectivity index (χ2n) is 8.38. The Labute approximate surface area is 211 Å². The van der Waals surface area contributed by atoms with Gasteiger partial charge in [-0.2, -0.15) is 0 Å². The van der Waals surface area contributed by atoms with Crippen LogP contribution < -0.4 is 25.4 Å². The van der Waals surface area contributed by atoms with Gasteiger partial charge in [0.15, 0.2) is 17.5 Å². The van der Waals surface area contributed by atoms with Crippen LogP contribution in [0.15, 0.2) is 35.3 Å². The molecule has 0 fully saturated rings. The van der Waals surface area contributed by atoms with Crippen LogP contribution in [0.25, 0.3) is 0 Å². The number of guanidine groups is 1. The number of carbonyl (C=O) groups excluding carboxylic acids is 1. The van der Waals surface area contributed by atoms with Crippen molar-refractivity contribution in [1.82, 2.24) is 10.6 Å². The largest absolute Gasteiger partial charge is 0.490 e. The van der Waals surface area contributed by atoms with Crippen LogP contribution in [0, 0.1) is 0 Å². The Morgan fingerprint density at radius 1 is 1.09 bits per heavy atom. The molecule has 0 bridgehead atoms. The molecule has 2 aromatic rings. The molecule has 2 heterocycles. The third-order valence-electron chi connectivity index (χ3n) is 4.40. The first-order chi connectivity index (χ1) is 14.8. The summed E-state index contributed by atoms with van der Waals surface area (Å²) in [7, 11) is 0. The molecule has 1 amide bonds. The first-order valence-corrected chi connectivity index (χ1v) is 11.5. The number of nitrogens with one attached hydrogen (secondary N) is 3. The summed E-state index contributed by atoms with van der Waals surface area (Å²) in [5, 5.41) is 9.55. The molecule has 0 spiro atoms. The van der Waals surface area contributed by atoms with Gasteiger partial charge in [-0.3, -0.25) is 4.79 Å². The molecule has 3 N–H and O–H groups in total. The number of halogens is 1. The van der Waals surface area contributed by atoms with E-state index in [4.69, 9.17) is 9.47 Å². The predicted molar refractivity (Wildman–Crippen MR) is 142 cm³/mol. The zero-order chi connectivity index (χ0) is 22.3. The van der Waals surface area contributed by atoms with Gasteiger partial charge in [-0.15, -0.1) is 35.3 Å². The predicted octanol–water partition coefficient (Wildman–Crippen LogP) is 4.56. The summed E-state index contributed by atoms with van der Waals surface area (Å²) in [5.41, 5.74) is 0.516. The van der Waals surface area contributed by atoms with Gasteiger partial charge in [0.2, 0.25) is 5.91 Å². The molecule has 7 nitrogen and oxygen atoms in total. The van der Waals surface area contributed by atoms with E-state index in [9.17, 15) is 4.79 Å². The van der Waals surface area contributed by atoms with Gasteiger partial charge in [0.1, 0.15) is 6.54 Å². The molecule has 0 atom stereocenters. The van der Waals surface area contributed by atoms with E-state index >= 15 is 0 Å². The van der Waals surface area contributed by atoms with Gasteiger partial charge in [-0.05, 0) is 51.5 Å². The Kier molecular flexibility index (Phi) is 10.1. The molecule has 1 aliphatic heterocycles.